The fourth-order valence-corrected chi connectivity index (χ4v) is 2.22. The van der Waals surface area contributed by atoms with Crippen LogP contribution in [0, 0.1) is 11.6 Å². The van der Waals surface area contributed by atoms with Gasteiger partial charge in [-0.15, -0.1) is 10.2 Å². The van der Waals surface area contributed by atoms with Crippen LogP contribution in [0.5, 0.6) is 0 Å². The molecule has 25 heavy (non-hydrogen) atoms. The molecular formula is C16H12F2N6S. The lowest BCUT2D eigenvalue weighted by molar-refractivity contribution is 0.627. The highest BCUT2D eigenvalue weighted by Gasteiger charge is 2.14. The van der Waals surface area contributed by atoms with Crippen LogP contribution < -0.4 is 16.6 Å². The summed E-state index contributed by atoms with van der Waals surface area (Å²) in [5, 5.41) is 10.9. The Morgan fingerprint density at radius 3 is 1.88 bits per heavy atom. The lowest BCUT2D eigenvalue weighted by atomic mass is 10.0. The van der Waals surface area contributed by atoms with E-state index in [0.717, 1.165) is 0 Å². The summed E-state index contributed by atoms with van der Waals surface area (Å²) >= 11 is 4.91. The molecule has 3 rings (SSSR count). The van der Waals surface area contributed by atoms with Gasteiger partial charge in [-0.2, -0.15) is 0 Å². The Morgan fingerprint density at radius 1 is 0.840 bits per heavy atom. The summed E-state index contributed by atoms with van der Waals surface area (Å²) in [6.07, 6.45) is 0. The highest BCUT2D eigenvalue weighted by molar-refractivity contribution is 7.80. The van der Waals surface area contributed by atoms with Crippen LogP contribution in [0.3, 0.4) is 0 Å². The van der Waals surface area contributed by atoms with Gasteiger partial charge in [0.05, 0.1) is 0 Å². The maximum Gasteiger partial charge on any atom is 0.249 e. The summed E-state index contributed by atoms with van der Waals surface area (Å²) < 4.78 is 26.4. The maximum absolute atomic E-state index is 13.2. The van der Waals surface area contributed by atoms with Crippen molar-refractivity contribution < 1.29 is 8.78 Å². The monoisotopic (exact) mass is 358 g/mol. The lowest BCUT2D eigenvalue weighted by Crippen LogP contribution is -2.34. The quantitative estimate of drug-likeness (QED) is 0.377. The zero-order valence-electron chi connectivity index (χ0n) is 12.7. The van der Waals surface area contributed by atoms with Crippen molar-refractivity contribution >= 4 is 23.3 Å². The van der Waals surface area contributed by atoms with Gasteiger partial charge in [0, 0.05) is 11.1 Å². The standard InChI is InChI=1S/C16H12F2N6S/c17-11-5-1-9(2-6-11)13-14(10-3-7-12(18)8-4-10)23-24-15(20-13)21-16(25)22-19/h1-8H,19H2,(H2,20,21,22,24,25). The van der Waals surface area contributed by atoms with Crippen LogP contribution in [-0.4, -0.2) is 20.3 Å². The minimum atomic E-state index is -0.374. The number of hydrogen-bond acceptors (Lipinski definition) is 5. The van der Waals surface area contributed by atoms with E-state index in [2.05, 4.69) is 25.9 Å². The van der Waals surface area contributed by atoms with Gasteiger partial charge in [-0.05, 0) is 60.7 Å². The molecule has 9 heteroatoms. The summed E-state index contributed by atoms with van der Waals surface area (Å²) in [5.74, 6) is 4.59. The summed E-state index contributed by atoms with van der Waals surface area (Å²) in [4.78, 5) is 4.38. The molecule has 0 radical (unpaired) electrons. The van der Waals surface area contributed by atoms with Crippen LogP contribution in [0.15, 0.2) is 48.5 Å². The molecule has 0 unspecified atom stereocenters. The van der Waals surface area contributed by atoms with Gasteiger partial charge in [0.15, 0.2) is 5.11 Å². The third-order valence-electron chi connectivity index (χ3n) is 3.28. The average Bonchev–Trinajstić information content (AvgIpc) is 2.63. The summed E-state index contributed by atoms with van der Waals surface area (Å²) in [6.45, 7) is 0. The van der Waals surface area contributed by atoms with E-state index in [4.69, 9.17) is 18.1 Å². The summed E-state index contributed by atoms with van der Waals surface area (Å²) in [7, 11) is 0. The fraction of sp³-hybridized carbons (Fsp3) is 0. The van der Waals surface area contributed by atoms with E-state index in [1.54, 1.807) is 24.3 Å². The van der Waals surface area contributed by atoms with Gasteiger partial charge in [0.2, 0.25) is 5.95 Å². The zero-order valence-corrected chi connectivity index (χ0v) is 13.5. The summed E-state index contributed by atoms with van der Waals surface area (Å²) in [6, 6.07) is 11.5. The lowest BCUT2D eigenvalue weighted by Gasteiger charge is -2.11. The minimum Gasteiger partial charge on any atom is -0.301 e. The topological polar surface area (TPSA) is 88.8 Å². The van der Waals surface area contributed by atoms with Crippen molar-refractivity contribution in [2.24, 2.45) is 5.84 Å². The van der Waals surface area contributed by atoms with Crippen molar-refractivity contribution in [2.75, 3.05) is 5.32 Å². The molecule has 0 fully saturated rings. The second kappa shape index (κ2) is 7.24. The van der Waals surface area contributed by atoms with Crippen molar-refractivity contribution in [3.63, 3.8) is 0 Å². The first kappa shape index (κ1) is 16.8. The number of hydrazine groups is 1. The first-order valence-corrected chi connectivity index (χ1v) is 7.52. The van der Waals surface area contributed by atoms with E-state index >= 15 is 0 Å². The molecule has 0 saturated carbocycles. The average molecular weight is 358 g/mol. The molecule has 1 heterocycles. The molecule has 126 valence electrons. The number of benzene rings is 2. The van der Waals surface area contributed by atoms with Gasteiger partial charge >= 0.3 is 0 Å². The number of nitrogens with zero attached hydrogens (tertiary/aromatic N) is 3. The van der Waals surface area contributed by atoms with Gasteiger partial charge in [0.25, 0.3) is 0 Å². The van der Waals surface area contributed by atoms with Crippen LogP contribution in [0.2, 0.25) is 0 Å². The first-order chi connectivity index (χ1) is 12.1. The van der Waals surface area contributed by atoms with Crippen molar-refractivity contribution in [2.45, 2.75) is 0 Å². The number of hydrogen-bond donors (Lipinski definition) is 3. The first-order valence-electron chi connectivity index (χ1n) is 7.11. The molecule has 0 atom stereocenters. The Labute approximate surface area is 147 Å². The number of anilines is 1. The molecule has 0 saturated heterocycles. The van der Waals surface area contributed by atoms with Crippen molar-refractivity contribution in [3.8, 4) is 22.5 Å². The summed E-state index contributed by atoms with van der Waals surface area (Å²) in [5.41, 5.74) is 4.34. The molecule has 6 nitrogen and oxygen atoms in total. The Balaban J connectivity index is 2.11. The number of rotatable bonds is 3. The highest BCUT2D eigenvalue weighted by Crippen LogP contribution is 2.29. The molecular weight excluding hydrogens is 346 g/mol. The van der Waals surface area contributed by atoms with Crippen LogP contribution in [0.25, 0.3) is 22.5 Å². The molecule has 2 aromatic carbocycles. The molecule has 0 aliphatic rings. The third-order valence-corrected chi connectivity index (χ3v) is 3.50. The van der Waals surface area contributed by atoms with E-state index in [0.29, 0.717) is 22.5 Å². The van der Waals surface area contributed by atoms with Crippen LogP contribution in [0.1, 0.15) is 0 Å². The van der Waals surface area contributed by atoms with E-state index in [-0.39, 0.29) is 22.7 Å². The van der Waals surface area contributed by atoms with Gasteiger partial charge < -0.3 is 5.43 Å². The van der Waals surface area contributed by atoms with Crippen molar-refractivity contribution in [1.82, 2.24) is 20.6 Å². The van der Waals surface area contributed by atoms with Gasteiger partial charge in [-0.1, -0.05) is 0 Å². The second-order valence-electron chi connectivity index (χ2n) is 4.94. The Morgan fingerprint density at radius 2 is 1.36 bits per heavy atom. The van der Waals surface area contributed by atoms with E-state index in [9.17, 15) is 8.78 Å². The molecule has 0 aliphatic heterocycles. The number of thiocarbonyl (C=S) groups is 1. The molecule has 0 aliphatic carbocycles. The second-order valence-corrected chi connectivity index (χ2v) is 5.35. The van der Waals surface area contributed by atoms with Gasteiger partial charge in [-0.25, -0.2) is 19.6 Å². The number of nitrogens with two attached hydrogens (primary N) is 1. The minimum absolute atomic E-state index is 0.112. The van der Waals surface area contributed by atoms with Crippen molar-refractivity contribution in [3.05, 3.63) is 60.2 Å². The molecule has 0 spiro atoms. The number of halogens is 2. The Kier molecular flexibility index (Phi) is 4.87. The highest BCUT2D eigenvalue weighted by atomic mass is 32.1. The molecule has 1 aromatic heterocycles. The molecule has 0 bridgehead atoms. The largest absolute Gasteiger partial charge is 0.301 e. The van der Waals surface area contributed by atoms with Crippen LogP contribution in [-0.2, 0) is 0 Å². The van der Waals surface area contributed by atoms with E-state index in [1.807, 2.05) is 0 Å². The zero-order chi connectivity index (χ0) is 17.8. The molecule has 4 N–H and O–H groups in total. The smallest absolute Gasteiger partial charge is 0.249 e. The normalized spacial score (nSPS) is 10.4. The van der Waals surface area contributed by atoms with E-state index < -0.39 is 0 Å². The molecule has 3 aromatic rings. The SMILES string of the molecule is NNC(=S)Nc1nnc(-c2ccc(F)cc2)c(-c2ccc(F)cc2)n1. The van der Waals surface area contributed by atoms with E-state index in [1.165, 1.54) is 24.3 Å². The van der Waals surface area contributed by atoms with Gasteiger partial charge in [0.1, 0.15) is 23.0 Å². The van der Waals surface area contributed by atoms with Crippen molar-refractivity contribution in [1.29, 1.82) is 0 Å². The maximum atomic E-state index is 13.2. The van der Waals surface area contributed by atoms with Gasteiger partial charge in [-0.3, -0.25) is 5.32 Å². The molecule has 0 amide bonds. The fourth-order valence-electron chi connectivity index (χ4n) is 2.13. The Bertz CT molecular complexity index is 900. The third kappa shape index (κ3) is 3.90. The predicted octanol–water partition coefficient (Wildman–Crippen LogP) is 2.64. The number of nitrogens with one attached hydrogen (secondary N) is 2. The predicted molar refractivity (Wildman–Crippen MR) is 94.2 cm³/mol. The van der Waals surface area contributed by atoms with Crippen LogP contribution >= 0.6 is 12.2 Å². The van der Waals surface area contributed by atoms with Crippen LogP contribution in [0.4, 0.5) is 14.7 Å². The number of aromatic nitrogens is 3. The Hall–Kier alpha value is -3.04.